The first-order valence-electron chi connectivity index (χ1n) is 6.70. The number of ether oxygens (including phenoxy) is 1. The van der Waals surface area contributed by atoms with Crippen LogP contribution in [0.25, 0.3) is 0 Å². The fourth-order valence-electron chi connectivity index (χ4n) is 2.21. The number of sulfone groups is 1. The predicted molar refractivity (Wildman–Crippen MR) is 82.2 cm³/mol. The van der Waals surface area contributed by atoms with Gasteiger partial charge in [0.15, 0.2) is 9.84 Å². The lowest BCUT2D eigenvalue weighted by molar-refractivity contribution is -0.116. The summed E-state index contributed by atoms with van der Waals surface area (Å²) < 4.78 is 27.3. The van der Waals surface area contributed by atoms with Gasteiger partial charge in [-0.25, -0.2) is 13.2 Å². The second kappa shape index (κ2) is 6.31. The van der Waals surface area contributed by atoms with Gasteiger partial charge in [-0.1, -0.05) is 12.1 Å². The van der Waals surface area contributed by atoms with Gasteiger partial charge >= 0.3 is 5.97 Å². The normalized spacial score (nSPS) is 18.9. The maximum absolute atomic E-state index is 12.0. The molecule has 1 aromatic carbocycles. The number of benzene rings is 1. The average Bonchev–Trinajstić information content (AvgIpc) is 2.79. The van der Waals surface area contributed by atoms with E-state index >= 15 is 0 Å². The minimum atomic E-state index is -3.17. The molecule has 0 radical (unpaired) electrons. The van der Waals surface area contributed by atoms with Crippen LogP contribution in [-0.4, -0.2) is 33.2 Å². The lowest BCUT2D eigenvalue weighted by atomic mass is 10.1. The van der Waals surface area contributed by atoms with Crippen molar-refractivity contribution >= 4 is 27.4 Å². The molecule has 0 aromatic heterocycles. The highest BCUT2D eigenvalue weighted by molar-refractivity contribution is 7.94. The van der Waals surface area contributed by atoms with E-state index in [-0.39, 0.29) is 24.0 Å². The summed E-state index contributed by atoms with van der Waals surface area (Å²) in [7, 11) is -1.88. The van der Waals surface area contributed by atoms with E-state index in [0.29, 0.717) is 11.3 Å². The van der Waals surface area contributed by atoms with Crippen molar-refractivity contribution in [1.29, 1.82) is 0 Å². The van der Waals surface area contributed by atoms with Crippen molar-refractivity contribution < 1.29 is 22.7 Å². The predicted octanol–water partition coefficient (Wildman–Crippen LogP) is 1.67. The number of esters is 1. The van der Waals surface area contributed by atoms with Crippen LogP contribution in [-0.2, 0) is 19.4 Å². The van der Waals surface area contributed by atoms with Crippen molar-refractivity contribution in [3.63, 3.8) is 0 Å². The number of hydrogen-bond acceptors (Lipinski definition) is 5. The highest BCUT2D eigenvalue weighted by atomic mass is 32.2. The average molecular weight is 323 g/mol. The Kier molecular flexibility index (Phi) is 4.65. The fourth-order valence-corrected chi connectivity index (χ4v) is 3.61. The number of amides is 1. The highest BCUT2D eigenvalue weighted by Gasteiger charge is 2.24. The number of aryl methyl sites for hydroxylation is 1. The third-order valence-corrected chi connectivity index (χ3v) is 4.85. The van der Waals surface area contributed by atoms with Crippen LogP contribution in [0.5, 0.6) is 0 Å². The first kappa shape index (κ1) is 16.2. The maximum Gasteiger partial charge on any atom is 0.337 e. The fraction of sp³-hybridized carbons (Fsp3) is 0.333. The second-order valence-corrected chi connectivity index (χ2v) is 7.12. The SMILES string of the molecule is COC(=O)c1ccc(C)c(NC(=O)CC2C=CS(=O)(=O)C2)c1. The van der Waals surface area contributed by atoms with Gasteiger partial charge in [0.25, 0.3) is 0 Å². The number of allylic oxidation sites excluding steroid dienone is 1. The van der Waals surface area contributed by atoms with Crippen LogP contribution < -0.4 is 5.32 Å². The molecular weight excluding hydrogens is 306 g/mol. The summed E-state index contributed by atoms with van der Waals surface area (Å²) in [6.45, 7) is 1.80. The van der Waals surface area contributed by atoms with E-state index in [2.05, 4.69) is 10.1 Å². The molecular formula is C15H17NO5S. The van der Waals surface area contributed by atoms with Gasteiger partial charge in [0.2, 0.25) is 5.91 Å². The van der Waals surface area contributed by atoms with E-state index in [0.717, 1.165) is 11.0 Å². The third-order valence-electron chi connectivity index (χ3n) is 3.38. The van der Waals surface area contributed by atoms with Gasteiger partial charge in [-0.3, -0.25) is 4.79 Å². The topological polar surface area (TPSA) is 89.5 Å². The summed E-state index contributed by atoms with van der Waals surface area (Å²) >= 11 is 0. The Hall–Kier alpha value is -2.15. The standard InChI is InChI=1S/C15H17NO5S/c1-10-3-4-12(15(18)21-2)8-13(10)16-14(17)7-11-5-6-22(19,20)9-11/h3-6,8,11H,7,9H2,1-2H3,(H,16,17). The van der Waals surface area contributed by atoms with Crippen LogP contribution in [0, 0.1) is 12.8 Å². The molecule has 1 unspecified atom stereocenters. The van der Waals surface area contributed by atoms with Crippen LogP contribution in [0.4, 0.5) is 5.69 Å². The van der Waals surface area contributed by atoms with Crippen LogP contribution >= 0.6 is 0 Å². The molecule has 1 heterocycles. The zero-order chi connectivity index (χ0) is 16.3. The molecule has 22 heavy (non-hydrogen) atoms. The molecule has 0 spiro atoms. The molecule has 0 fully saturated rings. The van der Waals surface area contributed by atoms with Gasteiger partial charge in [0, 0.05) is 23.4 Å². The molecule has 1 atom stereocenters. The van der Waals surface area contributed by atoms with Crippen molar-refractivity contribution in [2.45, 2.75) is 13.3 Å². The molecule has 6 nitrogen and oxygen atoms in total. The molecule has 118 valence electrons. The Morgan fingerprint density at radius 2 is 2.09 bits per heavy atom. The number of methoxy groups -OCH3 is 1. The molecule has 1 aliphatic heterocycles. The minimum absolute atomic E-state index is 0.0401. The monoisotopic (exact) mass is 323 g/mol. The largest absolute Gasteiger partial charge is 0.465 e. The Balaban J connectivity index is 2.05. The Morgan fingerprint density at radius 3 is 2.68 bits per heavy atom. The summed E-state index contributed by atoms with van der Waals surface area (Å²) in [5.41, 5.74) is 1.65. The van der Waals surface area contributed by atoms with Crippen molar-refractivity contribution in [3.8, 4) is 0 Å². The number of carbonyl (C=O) groups is 2. The molecule has 0 saturated heterocycles. The Morgan fingerprint density at radius 1 is 1.36 bits per heavy atom. The molecule has 1 N–H and O–H groups in total. The number of hydrogen-bond donors (Lipinski definition) is 1. The van der Waals surface area contributed by atoms with Gasteiger partial charge in [-0.2, -0.15) is 0 Å². The first-order chi connectivity index (χ1) is 10.3. The first-order valence-corrected chi connectivity index (χ1v) is 8.42. The Bertz CT molecular complexity index is 736. The third kappa shape index (κ3) is 3.94. The summed E-state index contributed by atoms with van der Waals surface area (Å²) in [6, 6.07) is 4.87. The van der Waals surface area contributed by atoms with Crippen molar-refractivity contribution in [2.75, 3.05) is 18.2 Å². The summed E-state index contributed by atoms with van der Waals surface area (Å²) in [5, 5.41) is 3.86. The number of rotatable bonds is 4. The molecule has 1 aromatic rings. The summed E-state index contributed by atoms with van der Waals surface area (Å²) in [4.78, 5) is 23.5. The smallest absolute Gasteiger partial charge is 0.337 e. The zero-order valence-corrected chi connectivity index (χ0v) is 13.1. The van der Waals surface area contributed by atoms with E-state index in [9.17, 15) is 18.0 Å². The van der Waals surface area contributed by atoms with E-state index in [1.807, 2.05) is 0 Å². The molecule has 0 bridgehead atoms. The summed E-state index contributed by atoms with van der Waals surface area (Å²) in [5.74, 6) is -1.13. The van der Waals surface area contributed by atoms with Gasteiger partial charge in [-0.15, -0.1) is 0 Å². The number of nitrogens with one attached hydrogen (secondary N) is 1. The molecule has 2 rings (SSSR count). The van der Waals surface area contributed by atoms with Crippen LogP contribution in [0.15, 0.2) is 29.7 Å². The maximum atomic E-state index is 12.0. The minimum Gasteiger partial charge on any atom is -0.465 e. The van der Waals surface area contributed by atoms with Crippen molar-refractivity contribution in [1.82, 2.24) is 0 Å². The van der Waals surface area contributed by atoms with Crippen LogP contribution in [0.3, 0.4) is 0 Å². The van der Waals surface area contributed by atoms with Gasteiger partial charge < -0.3 is 10.1 Å². The second-order valence-electron chi connectivity index (χ2n) is 5.19. The lowest BCUT2D eigenvalue weighted by Gasteiger charge is -2.11. The molecule has 1 aliphatic rings. The molecule has 0 saturated carbocycles. The van der Waals surface area contributed by atoms with E-state index in [1.165, 1.54) is 13.2 Å². The van der Waals surface area contributed by atoms with E-state index in [4.69, 9.17) is 0 Å². The quantitative estimate of drug-likeness (QED) is 0.851. The Labute approximate surface area is 129 Å². The van der Waals surface area contributed by atoms with Crippen molar-refractivity contribution in [3.05, 3.63) is 40.8 Å². The lowest BCUT2D eigenvalue weighted by Crippen LogP contribution is -2.18. The molecule has 1 amide bonds. The number of carbonyl (C=O) groups excluding carboxylic acids is 2. The zero-order valence-electron chi connectivity index (χ0n) is 12.3. The van der Waals surface area contributed by atoms with Crippen molar-refractivity contribution in [2.24, 2.45) is 5.92 Å². The van der Waals surface area contributed by atoms with E-state index in [1.54, 1.807) is 25.1 Å². The van der Waals surface area contributed by atoms with Crippen LogP contribution in [0.1, 0.15) is 22.3 Å². The van der Waals surface area contributed by atoms with Crippen LogP contribution in [0.2, 0.25) is 0 Å². The van der Waals surface area contributed by atoms with Gasteiger partial charge in [0.1, 0.15) is 0 Å². The summed E-state index contributed by atoms with van der Waals surface area (Å²) in [6.07, 6.45) is 1.62. The van der Waals surface area contributed by atoms with Gasteiger partial charge in [0.05, 0.1) is 18.4 Å². The molecule has 0 aliphatic carbocycles. The van der Waals surface area contributed by atoms with Gasteiger partial charge in [-0.05, 0) is 24.6 Å². The molecule has 7 heteroatoms. The highest BCUT2D eigenvalue weighted by Crippen LogP contribution is 2.21. The van der Waals surface area contributed by atoms with E-state index < -0.39 is 15.8 Å². The number of anilines is 1.